The number of rotatable bonds is 6. The van der Waals surface area contributed by atoms with Gasteiger partial charge >= 0.3 is 0 Å². The zero-order valence-corrected chi connectivity index (χ0v) is 12.8. The van der Waals surface area contributed by atoms with E-state index >= 15 is 0 Å². The highest BCUT2D eigenvalue weighted by Gasteiger charge is 2.26. The summed E-state index contributed by atoms with van der Waals surface area (Å²) in [5, 5.41) is 9.98. The predicted octanol–water partition coefficient (Wildman–Crippen LogP) is 1.20. The third kappa shape index (κ3) is 2.90. The Hall–Kier alpha value is -1.68. The smallest absolute Gasteiger partial charge is 0.185 e. The molecule has 10 heteroatoms. The molecule has 2 rings (SSSR count). The molecule has 110 valence electrons. The number of nitrogens with one attached hydrogen (secondary N) is 2. The lowest BCUT2D eigenvalue weighted by Crippen LogP contribution is -2.13. The second kappa shape index (κ2) is 5.75. The van der Waals surface area contributed by atoms with Crippen LogP contribution < -0.4 is 11.1 Å². The van der Waals surface area contributed by atoms with Crippen molar-refractivity contribution in [3.05, 3.63) is 12.2 Å². The van der Waals surface area contributed by atoms with Crippen LogP contribution >= 0.6 is 11.5 Å². The standard InChI is InChI=1S/C10H16N6O2S2/c1-3-4-20(17,18)7-8(11)16-19-10(7)14-6(2)9-12-5-13-15-9/h5-6,14H,3-4H2,1-2H3,(H2,11,16)(H,12,13,15). The largest absolute Gasteiger partial charge is 0.382 e. The van der Waals surface area contributed by atoms with Gasteiger partial charge in [0.1, 0.15) is 22.0 Å². The molecule has 0 amide bonds. The number of nitrogen functional groups attached to an aromatic ring is 1. The maximum atomic E-state index is 12.2. The Morgan fingerprint density at radius 1 is 1.55 bits per heavy atom. The summed E-state index contributed by atoms with van der Waals surface area (Å²) in [7, 11) is -3.43. The lowest BCUT2D eigenvalue weighted by Gasteiger charge is -2.12. The first-order valence-electron chi connectivity index (χ1n) is 6.05. The van der Waals surface area contributed by atoms with E-state index in [-0.39, 0.29) is 22.5 Å². The van der Waals surface area contributed by atoms with Crippen LogP contribution in [0.15, 0.2) is 11.2 Å². The second-order valence-electron chi connectivity index (χ2n) is 4.28. The van der Waals surface area contributed by atoms with E-state index in [1.165, 1.54) is 6.33 Å². The number of hydrogen-bond donors (Lipinski definition) is 3. The summed E-state index contributed by atoms with van der Waals surface area (Å²) >= 11 is 1.03. The van der Waals surface area contributed by atoms with E-state index in [9.17, 15) is 8.42 Å². The Bertz CT molecular complexity index is 664. The maximum absolute atomic E-state index is 12.2. The van der Waals surface area contributed by atoms with Gasteiger partial charge in [0, 0.05) is 0 Å². The van der Waals surface area contributed by atoms with Crippen LogP contribution in [-0.4, -0.2) is 33.7 Å². The number of H-pyrrole nitrogens is 1. The summed E-state index contributed by atoms with van der Waals surface area (Å²) in [6, 6.07) is -0.229. The molecule has 0 radical (unpaired) electrons. The van der Waals surface area contributed by atoms with Gasteiger partial charge in [-0.25, -0.2) is 13.4 Å². The molecule has 4 N–H and O–H groups in total. The van der Waals surface area contributed by atoms with E-state index in [1.54, 1.807) is 6.92 Å². The SMILES string of the molecule is CCCS(=O)(=O)c1c(N)nsc1NC(C)c1ncn[nH]1. The van der Waals surface area contributed by atoms with Crippen molar-refractivity contribution in [3.63, 3.8) is 0 Å². The van der Waals surface area contributed by atoms with Gasteiger partial charge in [-0.3, -0.25) is 5.10 Å². The first-order chi connectivity index (χ1) is 9.45. The average molecular weight is 316 g/mol. The van der Waals surface area contributed by atoms with Gasteiger partial charge in [-0.2, -0.15) is 9.47 Å². The normalized spacial score (nSPS) is 13.3. The number of nitrogens with two attached hydrogens (primary N) is 1. The van der Waals surface area contributed by atoms with E-state index in [0.717, 1.165) is 11.5 Å². The molecule has 0 aliphatic heterocycles. The molecule has 1 unspecified atom stereocenters. The van der Waals surface area contributed by atoms with E-state index in [1.807, 2.05) is 6.92 Å². The maximum Gasteiger partial charge on any atom is 0.185 e. The number of sulfone groups is 1. The number of aromatic nitrogens is 4. The molecule has 0 spiro atoms. The molecule has 0 aliphatic rings. The van der Waals surface area contributed by atoms with Crippen LogP contribution in [0, 0.1) is 0 Å². The Morgan fingerprint density at radius 3 is 2.90 bits per heavy atom. The summed E-state index contributed by atoms with van der Waals surface area (Å²) in [5.74, 6) is 0.688. The van der Waals surface area contributed by atoms with Crippen LogP contribution in [0.1, 0.15) is 32.1 Å². The third-order valence-corrected chi connectivity index (χ3v) is 5.55. The molecule has 0 aliphatic carbocycles. The van der Waals surface area contributed by atoms with Crippen molar-refractivity contribution >= 4 is 32.2 Å². The topological polar surface area (TPSA) is 127 Å². The summed E-state index contributed by atoms with van der Waals surface area (Å²) in [4.78, 5) is 4.10. The molecule has 0 fully saturated rings. The first kappa shape index (κ1) is 14.7. The van der Waals surface area contributed by atoms with Crippen LogP contribution in [0.2, 0.25) is 0 Å². The number of anilines is 2. The average Bonchev–Trinajstić information content (AvgIpc) is 2.99. The quantitative estimate of drug-likeness (QED) is 0.730. The van der Waals surface area contributed by atoms with Gasteiger partial charge in [-0.15, -0.1) is 0 Å². The molecule has 0 bridgehead atoms. The Kier molecular flexibility index (Phi) is 4.23. The van der Waals surface area contributed by atoms with Gasteiger partial charge in [-0.1, -0.05) is 6.92 Å². The fourth-order valence-corrected chi connectivity index (χ4v) is 4.44. The number of nitrogens with zero attached hydrogens (tertiary/aromatic N) is 3. The van der Waals surface area contributed by atoms with Gasteiger partial charge in [0.05, 0.1) is 11.8 Å². The summed E-state index contributed by atoms with van der Waals surface area (Å²) in [6.07, 6.45) is 1.91. The zero-order valence-electron chi connectivity index (χ0n) is 11.1. The third-order valence-electron chi connectivity index (χ3n) is 2.65. The van der Waals surface area contributed by atoms with Gasteiger partial charge in [0.2, 0.25) is 0 Å². The van der Waals surface area contributed by atoms with Crippen molar-refractivity contribution in [2.24, 2.45) is 0 Å². The number of hydrogen-bond acceptors (Lipinski definition) is 8. The van der Waals surface area contributed by atoms with Crippen LogP contribution in [0.25, 0.3) is 0 Å². The molecule has 1 atom stereocenters. The van der Waals surface area contributed by atoms with Gasteiger partial charge < -0.3 is 11.1 Å². The van der Waals surface area contributed by atoms with E-state index < -0.39 is 9.84 Å². The molecule has 0 saturated heterocycles. The molecule has 0 saturated carbocycles. The number of aromatic amines is 1. The summed E-state index contributed by atoms with van der Waals surface area (Å²) < 4.78 is 28.4. The molecule has 2 heterocycles. The van der Waals surface area contributed by atoms with Crippen molar-refractivity contribution in [1.82, 2.24) is 19.6 Å². The van der Waals surface area contributed by atoms with Crippen molar-refractivity contribution < 1.29 is 8.42 Å². The summed E-state index contributed by atoms with van der Waals surface area (Å²) in [6.45, 7) is 3.64. The highest BCUT2D eigenvalue weighted by Crippen LogP contribution is 2.34. The van der Waals surface area contributed by atoms with Gasteiger partial charge in [0.15, 0.2) is 15.7 Å². The van der Waals surface area contributed by atoms with Crippen LogP contribution in [-0.2, 0) is 9.84 Å². The Labute approximate surface area is 120 Å². The molecular formula is C10H16N6O2S2. The predicted molar refractivity (Wildman–Crippen MR) is 77.3 cm³/mol. The van der Waals surface area contributed by atoms with Crippen molar-refractivity contribution in [2.45, 2.75) is 31.2 Å². The summed E-state index contributed by atoms with van der Waals surface area (Å²) in [5.41, 5.74) is 5.70. The second-order valence-corrected chi connectivity index (χ2v) is 7.10. The Morgan fingerprint density at radius 2 is 2.30 bits per heavy atom. The minimum atomic E-state index is -3.43. The highest BCUT2D eigenvalue weighted by molar-refractivity contribution is 7.91. The van der Waals surface area contributed by atoms with Crippen molar-refractivity contribution in [3.8, 4) is 0 Å². The van der Waals surface area contributed by atoms with Crippen LogP contribution in [0.4, 0.5) is 10.8 Å². The molecule has 2 aromatic rings. The minimum Gasteiger partial charge on any atom is -0.382 e. The van der Waals surface area contributed by atoms with E-state index in [2.05, 4.69) is 24.9 Å². The molecule has 0 aromatic carbocycles. The van der Waals surface area contributed by atoms with Crippen molar-refractivity contribution in [1.29, 1.82) is 0 Å². The minimum absolute atomic E-state index is 0.0377. The van der Waals surface area contributed by atoms with E-state index in [0.29, 0.717) is 17.2 Å². The zero-order chi connectivity index (χ0) is 14.8. The lowest BCUT2D eigenvalue weighted by atomic mass is 10.3. The molecule has 8 nitrogen and oxygen atoms in total. The van der Waals surface area contributed by atoms with Crippen LogP contribution in [0.5, 0.6) is 0 Å². The monoisotopic (exact) mass is 316 g/mol. The molecular weight excluding hydrogens is 300 g/mol. The fraction of sp³-hybridized carbons (Fsp3) is 0.500. The Balaban J connectivity index is 2.30. The lowest BCUT2D eigenvalue weighted by molar-refractivity contribution is 0.595. The molecule has 20 heavy (non-hydrogen) atoms. The molecule has 2 aromatic heterocycles. The van der Waals surface area contributed by atoms with Gasteiger partial charge in [-0.05, 0) is 24.9 Å². The van der Waals surface area contributed by atoms with Gasteiger partial charge in [0.25, 0.3) is 0 Å². The van der Waals surface area contributed by atoms with E-state index in [4.69, 9.17) is 5.73 Å². The fourth-order valence-electron chi connectivity index (χ4n) is 1.75. The van der Waals surface area contributed by atoms with Crippen LogP contribution in [0.3, 0.4) is 0 Å². The first-order valence-corrected chi connectivity index (χ1v) is 8.48. The van der Waals surface area contributed by atoms with Crippen molar-refractivity contribution in [2.75, 3.05) is 16.8 Å². The highest BCUT2D eigenvalue weighted by atomic mass is 32.2.